The number of aromatic amines is 1. The van der Waals surface area contributed by atoms with Crippen molar-refractivity contribution in [3.8, 4) is 11.5 Å². The van der Waals surface area contributed by atoms with Gasteiger partial charge in [0.05, 0.1) is 0 Å². The van der Waals surface area contributed by atoms with Crippen LogP contribution < -0.4 is 0 Å². The van der Waals surface area contributed by atoms with Crippen LogP contribution in [0.15, 0.2) is 24.4 Å². The van der Waals surface area contributed by atoms with E-state index in [4.69, 9.17) is 0 Å². The molecule has 0 saturated carbocycles. The summed E-state index contributed by atoms with van der Waals surface area (Å²) >= 11 is 0. The fraction of sp³-hybridized carbons (Fsp3) is 0. The molecule has 2 aromatic heterocycles. The van der Waals surface area contributed by atoms with Crippen LogP contribution in [-0.2, 0) is 20.1 Å². The van der Waals surface area contributed by atoms with Gasteiger partial charge in [-0.15, -0.1) is 5.10 Å². The van der Waals surface area contributed by atoms with E-state index in [2.05, 4.69) is 25.6 Å². The summed E-state index contributed by atoms with van der Waals surface area (Å²) in [4.78, 5) is 4.05. The number of rotatable bonds is 1. The number of nitrogens with one attached hydrogen (secondary N) is 1. The van der Waals surface area contributed by atoms with Crippen LogP contribution in [0.1, 0.15) is 0 Å². The van der Waals surface area contributed by atoms with Crippen LogP contribution in [0, 0.1) is 0 Å². The third-order valence-corrected chi connectivity index (χ3v) is 1.25. The number of tetrazole rings is 1. The maximum absolute atomic E-state index is 4.05. The number of pyridine rings is 1. The van der Waals surface area contributed by atoms with Crippen LogP contribution in [0.25, 0.3) is 11.5 Å². The van der Waals surface area contributed by atoms with Gasteiger partial charge < -0.3 is 0 Å². The number of aromatic nitrogens is 5. The summed E-state index contributed by atoms with van der Waals surface area (Å²) < 4.78 is 0. The molecule has 2 aromatic rings. The van der Waals surface area contributed by atoms with Crippen LogP contribution in [0.2, 0.25) is 0 Å². The first kappa shape index (κ1) is 8.96. The summed E-state index contributed by atoms with van der Waals surface area (Å²) in [5, 5.41) is 13.2. The quantitative estimate of drug-likeness (QED) is 0.809. The first-order valence-electron chi connectivity index (χ1n) is 3.12. The summed E-state index contributed by atoms with van der Waals surface area (Å²) in [6.07, 6.45) is 1.69. The molecule has 0 aliphatic heterocycles. The molecule has 0 unspecified atom stereocenters. The van der Waals surface area contributed by atoms with Crippen molar-refractivity contribution in [2.75, 3.05) is 0 Å². The molecule has 6 heteroatoms. The SMILES string of the molecule is [Ir+3].c1ccc(-c2nnn[nH]2)nc1. The average molecular weight is 339 g/mol. The zero-order valence-corrected chi connectivity index (χ0v) is 8.33. The fourth-order valence-corrected chi connectivity index (χ4v) is 0.771. The topological polar surface area (TPSA) is 67.3 Å². The van der Waals surface area contributed by atoms with Gasteiger partial charge in [-0.3, -0.25) is 4.98 Å². The Bertz CT molecular complexity index is 319. The van der Waals surface area contributed by atoms with Crippen molar-refractivity contribution in [3.05, 3.63) is 24.4 Å². The summed E-state index contributed by atoms with van der Waals surface area (Å²) in [6.45, 7) is 0. The van der Waals surface area contributed by atoms with Gasteiger partial charge >= 0.3 is 20.1 Å². The number of hydrogen-bond acceptors (Lipinski definition) is 4. The van der Waals surface area contributed by atoms with Gasteiger partial charge in [0.25, 0.3) is 0 Å². The Morgan fingerprint density at radius 2 is 2.17 bits per heavy atom. The molecule has 2 heterocycles. The molecule has 0 aliphatic rings. The van der Waals surface area contributed by atoms with Gasteiger partial charge in [-0.25, -0.2) is 5.10 Å². The monoisotopic (exact) mass is 340 g/mol. The molecule has 0 saturated heterocycles. The van der Waals surface area contributed by atoms with Gasteiger partial charge in [-0.05, 0) is 22.6 Å². The molecule has 0 atom stereocenters. The van der Waals surface area contributed by atoms with Crippen LogP contribution >= 0.6 is 0 Å². The molecule has 5 nitrogen and oxygen atoms in total. The van der Waals surface area contributed by atoms with E-state index < -0.39 is 0 Å². The minimum atomic E-state index is 0. The van der Waals surface area contributed by atoms with Crippen LogP contribution in [0.4, 0.5) is 0 Å². The molecular formula is C6H5IrN5+3. The van der Waals surface area contributed by atoms with Crippen molar-refractivity contribution in [3.63, 3.8) is 0 Å². The number of H-pyrrole nitrogens is 1. The second-order valence-electron chi connectivity index (χ2n) is 1.96. The summed E-state index contributed by atoms with van der Waals surface area (Å²) in [5.74, 6) is 0.589. The van der Waals surface area contributed by atoms with E-state index in [1.807, 2.05) is 18.2 Å². The average Bonchev–Trinajstić information content (AvgIpc) is 2.58. The van der Waals surface area contributed by atoms with Crippen LogP contribution in [0.5, 0.6) is 0 Å². The molecule has 2 rings (SSSR count). The zero-order chi connectivity index (χ0) is 7.52. The van der Waals surface area contributed by atoms with E-state index in [0.29, 0.717) is 5.82 Å². The van der Waals surface area contributed by atoms with Crippen LogP contribution in [0.3, 0.4) is 0 Å². The molecule has 0 amide bonds. The third-order valence-electron chi connectivity index (χ3n) is 1.25. The summed E-state index contributed by atoms with van der Waals surface area (Å²) in [6, 6.07) is 5.56. The first-order valence-corrected chi connectivity index (χ1v) is 3.12. The fourth-order valence-electron chi connectivity index (χ4n) is 0.771. The molecule has 0 fully saturated rings. The molecule has 0 aliphatic carbocycles. The van der Waals surface area contributed by atoms with E-state index in [1.54, 1.807) is 6.20 Å². The minimum Gasteiger partial charge on any atom is -0.253 e. The Morgan fingerprint density at radius 1 is 1.25 bits per heavy atom. The molecule has 0 bridgehead atoms. The van der Waals surface area contributed by atoms with E-state index in [-0.39, 0.29) is 20.1 Å². The molecule has 60 valence electrons. The van der Waals surface area contributed by atoms with Crippen molar-refractivity contribution in [2.24, 2.45) is 0 Å². The normalized spacial score (nSPS) is 9.00. The molecule has 0 aromatic carbocycles. The van der Waals surface area contributed by atoms with Crippen molar-refractivity contribution in [1.82, 2.24) is 25.6 Å². The zero-order valence-electron chi connectivity index (χ0n) is 5.93. The van der Waals surface area contributed by atoms with Crippen molar-refractivity contribution < 1.29 is 20.1 Å². The van der Waals surface area contributed by atoms with E-state index in [9.17, 15) is 0 Å². The van der Waals surface area contributed by atoms with E-state index in [0.717, 1.165) is 5.69 Å². The second kappa shape index (κ2) is 4.04. The maximum Gasteiger partial charge on any atom is 3.00 e. The Balaban J connectivity index is 0.000000720. The molecular weight excluding hydrogens is 334 g/mol. The predicted octanol–water partition coefficient (Wildman–Crippen LogP) is 0.259. The van der Waals surface area contributed by atoms with Crippen molar-refractivity contribution in [1.29, 1.82) is 0 Å². The summed E-state index contributed by atoms with van der Waals surface area (Å²) in [7, 11) is 0. The second-order valence-corrected chi connectivity index (χ2v) is 1.96. The predicted molar refractivity (Wildman–Crippen MR) is 37.4 cm³/mol. The molecule has 1 N–H and O–H groups in total. The Kier molecular flexibility index (Phi) is 3.01. The Labute approximate surface area is 82.0 Å². The number of nitrogens with zero attached hydrogens (tertiary/aromatic N) is 4. The first-order chi connectivity index (χ1) is 5.47. The van der Waals surface area contributed by atoms with Gasteiger partial charge in [0.1, 0.15) is 5.69 Å². The standard InChI is InChI=1S/C6H5N5.Ir/c1-2-4-7-5(3-1)6-8-10-11-9-6;/h1-4H,(H,8,9,10,11);/q;+3. The van der Waals surface area contributed by atoms with Gasteiger partial charge in [0.2, 0.25) is 0 Å². The van der Waals surface area contributed by atoms with Crippen molar-refractivity contribution >= 4 is 0 Å². The Morgan fingerprint density at radius 3 is 2.75 bits per heavy atom. The van der Waals surface area contributed by atoms with Gasteiger partial charge in [0, 0.05) is 6.20 Å². The molecule has 12 heavy (non-hydrogen) atoms. The Hall–Kier alpha value is -1.13. The van der Waals surface area contributed by atoms with Gasteiger partial charge in [-0.1, -0.05) is 6.07 Å². The molecule has 0 radical (unpaired) electrons. The van der Waals surface area contributed by atoms with Crippen LogP contribution in [-0.4, -0.2) is 25.6 Å². The maximum atomic E-state index is 4.05. The van der Waals surface area contributed by atoms with Crippen molar-refractivity contribution in [2.45, 2.75) is 0 Å². The third kappa shape index (κ3) is 1.72. The van der Waals surface area contributed by atoms with Gasteiger partial charge in [0.15, 0.2) is 5.82 Å². The summed E-state index contributed by atoms with van der Waals surface area (Å²) in [5.41, 5.74) is 0.748. The number of hydrogen-bond donors (Lipinski definition) is 1. The smallest absolute Gasteiger partial charge is 0.253 e. The van der Waals surface area contributed by atoms with Gasteiger partial charge in [-0.2, -0.15) is 0 Å². The van der Waals surface area contributed by atoms with E-state index in [1.165, 1.54) is 0 Å². The minimum absolute atomic E-state index is 0. The molecule has 0 spiro atoms. The van der Waals surface area contributed by atoms with E-state index >= 15 is 0 Å². The largest absolute Gasteiger partial charge is 3.00 e.